The number of benzene rings is 2. The molecule has 7 heteroatoms. The van der Waals surface area contributed by atoms with E-state index in [1.807, 2.05) is 18.2 Å². The first-order chi connectivity index (χ1) is 15.6. The molecule has 2 aromatic carbocycles. The fourth-order valence-corrected chi connectivity index (χ4v) is 3.73. The topological polar surface area (TPSA) is 79.9 Å². The second kappa shape index (κ2) is 9.41. The summed E-state index contributed by atoms with van der Waals surface area (Å²) < 4.78 is 20.8. The zero-order valence-corrected chi connectivity index (χ0v) is 17.5. The molecule has 4 rings (SSSR count). The summed E-state index contributed by atoms with van der Waals surface area (Å²) in [6.07, 6.45) is 1.72. The number of ether oxygens (including phenoxy) is 1. The van der Waals surface area contributed by atoms with Crippen molar-refractivity contribution in [1.29, 1.82) is 5.26 Å². The number of fused-ring (bicyclic) bond motifs is 1. The minimum Gasteiger partial charge on any atom is -0.497 e. The van der Waals surface area contributed by atoms with E-state index in [2.05, 4.69) is 16.4 Å². The molecule has 160 valence electrons. The van der Waals surface area contributed by atoms with Gasteiger partial charge in [-0.25, -0.2) is 4.39 Å². The third-order valence-corrected chi connectivity index (χ3v) is 5.24. The summed E-state index contributed by atoms with van der Waals surface area (Å²) in [6, 6.07) is 18.9. The molecule has 2 aromatic heterocycles. The van der Waals surface area contributed by atoms with Gasteiger partial charge in [0.15, 0.2) is 0 Å². The van der Waals surface area contributed by atoms with Gasteiger partial charge in [-0.05, 0) is 48.0 Å². The molecule has 0 spiro atoms. The quantitative estimate of drug-likeness (QED) is 0.452. The number of hydrogen-bond acceptors (Lipinski definition) is 5. The van der Waals surface area contributed by atoms with Gasteiger partial charge >= 0.3 is 0 Å². The van der Waals surface area contributed by atoms with Crippen LogP contribution in [0.3, 0.4) is 0 Å². The van der Waals surface area contributed by atoms with Gasteiger partial charge in [0.25, 0.3) is 5.56 Å². The van der Waals surface area contributed by atoms with Gasteiger partial charge in [0.2, 0.25) is 0 Å². The Morgan fingerprint density at radius 3 is 2.72 bits per heavy atom. The normalized spacial score (nSPS) is 10.8. The van der Waals surface area contributed by atoms with Crippen molar-refractivity contribution in [3.63, 3.8) is 0 Å². The second-order valence-corrected chi connectivity index (χ2v) is 7.21. The number of nitrogens with one attached hydrogen (secondary N) is 1. The summed E-state index contributed by atoms with van der Waals surface area (Å²) >= 11 is 0. The van der Waals surface area contributed by atoms with Gasteiger partial charge in [-0.3, -0.25) is 14.3 Å². The molecule has 0 radical (unpaired) electrons. The Kier molecular flexibility index (Phi) is 6.24. The Morgan fingerprint density at radius 1 is 1.12 bits per heavy atom. The van der Waals surface area contributed by atoms with Crippen molar-refractivity contribution >= 4 is 10.8 Å². The number of halogens is 1. The van der Waals surface area contributed by atoms with Gasteiger partial charge in [-0.1, -0.05) is 18.2 Å². The molecule has 0 aliphatic rings. The third kappa shape index (κ3) is 4.22. The van der Waals surface area contributed by atoms with Crippen LogP contribution in [0.2, 0.25) is 0 Å². The van der Waals surface area contributed by atoms with E-state index in [-0.39, 0.29) is 17.8 Å². The van der Waals surface area contributed by atoms with E-state index in [1.165, 1.54) is 23.8 Å². The molecule has 6 nitrogen and oxygen atoms in total. The maximum absolute atomic E-state index is 14.0. The van der Waals surface area contributed by atoms with Crippen molar-refractivity contribution in [3.05, 3.63) is 94.4 Å². The average molecular weight is 428 g/mol. The van der Waals surface area contributed by atoms with E-state index in [9.17, 15) is 14.4 Å². The van der Waals surface area contributed by atoms with Gasteiger partial charge in [0.05, 0.1) is 12.8 Å². The molecule has 32 heavy (non-hydrogen) atoms. The first-order valence-electron chi connectivity index (χ1n) is 10.1. The number of methoxy groups -OCH3 is 1. The number of nitrogens with zero attached hydrogens (tertiary/aromatic N) is 3. The van der Waals surface area contributed by atoms with Crippen LogP contribution in [-0.2, 0) is 13.1 Å². The summed E-state index contributed by atoms with van der Waals surface area (Å²) in [6.45, 7) is 1.27. The summed E-state index contributed by atoms with van der Waals surface area (Å²) in [7, 11) is 1.53. The predicted molar refractivity (Wildman–Crippen MR) is 121 cm³/mol. The Labute approximate surface area is 184 Å². The van der Waals surface area contributed by atoms with Gasteiger partial charge < -0.3 is 10.1 Å². The van der Waals surface area contributed by atoms with E-state index >= 15 is 0 Å². The van der Waals surface area contributed by atoms with Crippen LogP contribution >= 0.6 is 0 Å². The number of rotatable bonds is 7. The highest BCUT2D eigenvalue weighted by atomic mass is 19.1. The minimum atomic E-state index is -0.419. The molecule has 0 saturated carbocycles. The van der Waals surface area contributed by atoms with Crippen molar-refractivity contribution in [2.24, 2.45) is 0 Å². The molecule has 4 aromatic rings. The largest absolute Gasteiger partial charge is 0.497 e. The average Bonchev–Trinajstić information content (AvgIpc) is 2.82. The maximum atomic E-state index is 14.0. The molecule has 0 aliphatic carbocycles. The second-order valence-electron chi connectivity index (χ2n) is 7.21. The molecule has 0 bridgehead atoms. The third-order valence-electron chi connectivity index (χ3n) is 5.24. The van der Waals surface area contributed by atoms with Gasteiger partial charge in [0, 0.05) is 42.2 Å². The fourth-order valence-electron chi connectivity index (χ4n) is 3.73. The Bertz CT molecular complexity index is 1360. The van der Waals surface area contributed by atoms with Gasteiger partial charge in [0.1, 0.15) is 23.3 Å². The molecule has 1 N–H and O–H groups in total. The predicted octanol–water partition coefficient (Wildman–Crippen LogP) is 3.87. The van der Waals surface area contributed by atoms with Crippen molar-refractivity contribution in [2.75, 3.05) is 13.7 Å². The van der Waals surface area contributed by atoms with Gasteiger partial charge in [-0.15, -0.1) is 0 Å². The lowest BCUT2D eigenvalue weighted by molar-refractivity contribution is 0.415. The summed E-state index contributed by atoms with van der Waals surface area (Å²) in [5.74, 6) is 0.130. The molecule has 0 atom stereocenters. The lowest BCUT2D eigenvalue weighted by atomic mass is 9.96. The molecule has 0 saturated heterocycles. The Hall–Kier alpha value is -4.02. The number of pyridine rings is 2. The van der Waals surface area contributed by atoms with Crippen LogP contribution < -0.4 is 15.6 Å². The molecular formula is C25H21FN4O2. The van der Waals surface area contributed by atoms with Crippen LogP contribution in [-0.4, -0.2) is 23.2 Å². The van der Waals surface area contributed by atoms with Crippen LogP contribution in [0.25, 0.3) is 21.9 Å². The van der Waals surface area contributed by atoms with Crippen molar-refractivity contribution < 1.29 is 9.13 Å². The Morgan fingerprint density at radius 2 is 2.00 bits per heavy atom. The zero-order valence-electron chi connectivity index (χ0n) is 17.5. The molecule has 0 fully saturated rings. The van der Waals surface area contributed by atoms with Crippen LogP contribution in [0.15, 0.2) is 71.7 Å². The van der Waals surface area contributed by atoms with E-state index in [4.69, 9.17) is 4.74 Å². The lowest BCUT2D eigenvalue weighted by Gasteiger charge is -2.17. The van der Waals surface area contributed by atoms with Crippen LogP contribution in [0.5, 0.6) is 5.75 Å². The van der Waals surface area contributed by atoms with E-state index in [1.54, 1.807) is 36.5 Å². The number of nitriles is 1. The highest BCUT2D eigenvalue weighted by Gasteiger charge is 2.19. The molecule has 2 heterocycles. The lowest BCUT2D eigenvalue weighted by Crippen LogP contribution is -2.29. The Balaban J connectivity index is 1.79. The van der Waals surface area contributed by atoms with Crippen LogP contribution in [0.1, 0.15) is 11.4 Å². The summed E-state index contributed by atoms with van der Waals surface area (Å²) in [4.78, 5) is 17.5. The first-order valence-corrected chi connectivity index (χ1v) is 10.1. The SMILES string of the molecule is COc1ccc2c(=O)n(CCNCc3ccccn3)c(C#N)c(-c3cccc(F)c3)c2c1. The van der Waals surface area contributed by atoms with Crippen molar-refractivity contribution in [2.45, 2.75) is 13.1 Å². The zero-order chi connectivity index (χ0) is 22.5. The molecule has 0 unspecified atom stereocenters. The van der Waals surface area contributed by atoms with Crippen molar-refractivity contribution in [3.8, 4) is 22.9 Å². The van der Waals surface area contributed by atoms with Crippen molar-refractivity contribution in [1.82, 2.24) is 14.9 Å². The monoisotopic (exact) mass is 428 g/mol. The first kappa shape index (κ1) is 21.2. The fraction of sp³-hybridized carbons (Fsp3) is 0.160. The van der Waals surface area contributed by atoms with Crippen LogP contribution in [0, 0.1) is 17.1 Å². The van der Waals surface area contributed by atoms with Crippen LogP contribution in [0.4, 0.5) is 4.39 Å². The summed E-state index contributed by atoms with van der Waals surface area (Å²) in [5, 5.41) is 14.3. The highest BCUT2D eigenvalue weighted by molar-refractivity contribution is 5.99. The standard InChI is InChI=1S/C25H21FN4O2/c1-32-20-8-9-21-22(14-20)24(17-5-4-6-18(26)13-17)23(15-27)30(25(21)31)12-11-28-16-19-7-2-3-10-29-19/h2-10,13-14,28H,11-12,16H2,1H3. The smallest absolute Gasteiger partial charge is 0.259 e. The highest BCUT2D eigenvalue weighted by Crippen LogP contribution is 2.33. The summed E-state index contributed by atoms with van der Waals surface area (Å²) in [5.41, 5.74) is 1.81. The minimum absolute atomic E-state index is 0.181. The van der Waals surface area contributed by atoms with E-state index in [0.29, 0.717) is 40.7 Å². The van der Waals surface area contributed by atoms with E-state index in [0.717, 1.165) is 5.69 Å². The van der Waals surface area contributed by atoms with E-state index < -0.39 is 5.82 Å². The number of hydrogen-bond donors (Lipinski definition) is 1. The maximum Gasteiger partial charge on any atom is 0.259 e. The molecule has 0 aliphatic heterocycles. The van der Waals surface area contributed by atoms with Gasteiger partial charge in [-0.2, -0.15) is 5.26 Å². The molecule has 0 amide bonds. The number of aromatic nitrogens is 2. The molecular weight excluding hydrogens is 407 g/mol.